The Balaban J connectivity index is 2.81. The van der Waals surface area contributed by atoms with Crippen LogP contribution < -0.4 is 0 Å². The molecule has 0 bridgehead atoms. The Morgan fingerprint density at radius 1 is 1.47 bits per heavy atom. The molecule has 0 N–H and O–H groups in total. The molecule has 0 atom stereocenters. The van der Waals surface area contributed by atoms with Crippen molar-refractivity contribution in [3.8, 4) is 0 Å². The van der Waals surface area contributed by atoms with Crippen molar-refractivity contribution in [1.29, 1.82) is 0 Å². The zero-order valence-electron chi connectivity index (χ0n) is 7.92. The summed E-state index contributed by atoms with van der Waals surface area (Å²) in [6, 6.07) is 3.66. The maximum absolute atomic E-state index is 12.8. The summed E-state index contributed by atoms with van der Waals surface area (Å²) in [5.74, 6) is -1.53. The van der Waals surface area contributed by atoms with Gasteiger partial charge in [0.1, 0.15) is 12.4 Å². The number of carbonyl (C=O) groups excluding carboxylic acids is 2. The predicted octanol–water partition coefficient (Wildman–Crippen LogP) is 2.33. The highest BCUT2D eigenvalue weighted by Crippen LogP contribution is 2.18. The van der Waals surface area contributed by atoms with Crippen LogP contribution in [-0.4, -0.2) is 18.4 Å². The summed E-state index contributed by atoms with van der Waals surface area (Å²) in [6.07, 6.45) is 0. The lowest BCUT2D eigenvalue weighted by atomic mass is 10.2. The molecule has 1 aromatic rings. The van der Waals surface area contributed by atoms with Crippen LogP contribution in [0.25, 0.3) is 0 Å². The highest BCUT2D eigenvalue weighted by Gasteiger charge is 2.13. The van der Waals surface area contributed by atoms with Gasteiger partial charge in [0, 0.05) is 4.47 Å². The van der Waals surface area contributed by atoms with Crippen LogP contribution in [0, 0.1) is 5.82 Å². The second kappa shape index (κ2) is 5.02. The van der Waals surface area contributed by atoms with Gasteiger partial charge in [-0.15, -0.1) is 0 Å². The first kappa shape index (κ1) is 11.8. The number of esters is 1. The molecular weight excluding hydrogens is 267 g/mol. The molecule has 1 aromatic carbocycles. The standard InChI is InChI=1S/C10H8BrFO3/c1-6(13)5-15-10(14)8-4-7(12)2-3-9(8)11/h2-4H,5H2,1H3. The lowest BCUT2D eigenvalue weighted by molar-refractivity contribution is -0.120. The van der Waals surface area contributed by atoms with Gasteiger partial charge in [-0.2, -0.15) is 0 Å². The summed E-state index contributed by atoms with van der Waals surface area (Å²) in [5, 5.41) is 0. The Hall–Kier alpha value is -1.23. The van der Waals surface area contributed by atoms with Gasteiger partial charge in [-0.25, -0.2) is 9.18 Å². The van der Waals surface area contributed by atoms with E-state index in [-0.39, 0.29) is 18.0 Å². The minimum absolute atomic E-state index is 0.0660. The van der Waals surface area contributed by atoms with Crippen LogP contribution in [0.15, 0.2) is 22.7 Å². The molecule has 0 aliphatic rings. The fourth-order valence-electron chi connectivity index (χ4n) is 0.899. The lowest BCUT2D eigenvalue weighted by Crippen LogP contribution is -2.12. The van der Waals surface area contributed by atoms with E-state index >= 15 is 0 Å². The van der Waals surface area contributed by atoms with E-state index in [1.165, 1.54) is 19.1 Å². The van der Waals surface area contributed by atoms with E-state index in [9.17, 15) is 14.0 Å². The van der Waals surface area contributed by atoms with Gasteiger partial charge >= 0.3 is 5.97 Å². The maximum atomic E-state index is 12.8. The van der Waals surface area contributed by atoms with E-state index in [0.29, 0.717) is 4.47 Å². The Bertz CT molecular complexity index is 404. The maximum Gasteiger partial charge on any atom is 0.339 e. The fraction of sp³-hybridized carbons (Fsp3) is 0.200. The molecule has 80 valence electrons. The third kappa shape index (κ3) is 3.43. The minimum atomic E-state index is -0.725. The second-order valence-corrected chi connectivity index (χ2v) is 3.76. The van der Waals surface area contributed by atoms with Gasteiger partial charge in [-0.1, -0.05) is 0 Å². The number of hydrogen-bond donors (Lipinski definition) is 0. The SMILES string of the molecule is CC(=O)COC(=O)c1cc(F)ccc1Br. The van der Waals surface area contributed by atoms with Crippen molar-refractivity contribution in [2.75, 3.05) is 6.61 Å². The van der Waals surface area contributed by atoms with Gasteiger partial charge in [-0.05, 0) is 41.1 Å². The van der Waals surface area contributed by atoms with Crippen LogP contribution in [0.3, 0.4) is 0 Å². The van der Waals surface area contributed by atoms with E-state index in [4.69, 9.17) is 0 Å². The largest absolute Gasteiger partial charge is 0.454 e. The smallest absolute Gasteiger partial charge is 0.339 e. The quantitative estimate of drug-likeness (QED) is 0.795. The highest BCUT2D eigenvalue weighted by molar-refractivity contribution is 9.10. The number of ether oxygens (including phenoxy) is 1. The van der Waals surface area contributed by atoms with Gasteiger partial charge in [-0.3, -0.25) is 4.79 Å². The molecule has 0 radical (unpaired) electrons. The lowest BCUT2D eigenvalue weighted by Gasteiger charge is -2.04. The molecule has 0 aromatic heterocycles. The van der Waals surface area contributed by atoms with Crippen molar-refractivity contribution in [2.24, 2.45) is 0 Å². The van der Waals surface area contributed by atoms with Gasteiger partial charge in [0.2, 0.25) is 0 Å². The van der Waals surface area contributed by atoms with Crippen LogP contribution in [0.4, 0.5) is 4.39 Å². The van der Waals surface area contributed by atoms with Crippen LogP contribution in [0.2, 0.25) is 0 Å². The summed E-state index contributed by atoms with van der Waals surface area (Å²) in [5.41, 5.74) is 0.0660. The molecule has 0 fully saturated rings. The molecule has 0 amide bonds. The number of carbonyl (C=O) groups is 2. The zero-order valence-corrected chi connectivity index (χ0v) is 9.51. The van der Waals surface area contributed by atoms with E-state index in [2.05, 4.69) is 20.7 Å². The third-order valence-electron chi connectivity index (χ3n) is 1.55. The Kier molecular flexibility index (Phi) is 3.96. The highest BCUT2D eigenvalue weighted by atomic mass is 79.9. The molecule has 0 spiro atoms. The summed E-state index contributed by atoms with van der Waals surface area (Å²) < 4.78 is 17.9. The van der Waals surface area contributed by atoms with Crippen molar-refractivity contribution < 1.29 is 18.7 Å². The average Bonchev–Trinajstić information content (AvgIpc) is 2.18. The fourth-order valence-corrected chi connectivity index (χ4v) is 1.31. The Labute approximate surface area is 94.4 Å². The van der Waals surface area contributed by atoms with Crippen LogP contribution in [0.1, 0.15) is 17.3 Å². The number of benzene rings is 1. The second-order valence-electron chi connectivity index (χ2n) is 2.90. The molecular formula is C10H8BrFO3. The normalized spacial score (nSPS) is 9.80. The molecule has 0 aliphatic heterocycles. The van der Waals surface area contributed by atoms with Crippen molar-refractivity contribution in [2.45, 2.75) is 6.92 Å². The molecule has 0 heterocycles. The predicted molar refractivity (Wildman–Crippen MR) is 55.1 cm³/mol. The van der Waals surface area contributed by atoms with E-state index < -0.39 is 11.8 Å². The average molecular weight is 275 g/mol. The van der Waals surface area contributed by atoms with Crippen LogP contribution in [-0.2, 0) is 9.53 Å². The number of hydrogen-bond acceptors (Lipinski definition) is 3. The molecule has 3 nitrogen and oxygen atoms in total. The van der Waals surface area contributed by atoms with Gasteiger partial charge in [0.15, 0.2) is 5.78 Å². The Morgan fingerprint density at radius 2 is 2.13 bits per heavy atom. The van der Waals surface area contributed by atoms with Crippen LogP contribution in [0.5, 0.6) is 0 Å². The molecule has 0 saturated carbocycles. The van der Waals surface area contributed by atoms with Gasteiger partial charge in [0.25, 0.3) is 0 Å². The van der Waals surface area contributed by atoms with Crippen LogP contribution >= 0.6 is 15.9 Å². The van der Waals surface area contributed by atoms with Gasteiger partial charge < -0.3 is 4.74 Å². The number of Topliss-reactive ketones (excluding diaryl/α,β-unsaturated/α-hetero) is 1. The molecule has 0 aliphatic carbocycles. The molecule has 15 heavy (non-hydrogen) atoms. The topological polar surface area (TPSA) is 43.4 Å². The van der Waals surface area contributed by atoms with Crippen molar-refractivity contribution in [1.82, 2.24) is 0 Å². The first-order chi connectivity index (χ1) is 7.00. The van der Waals surface area contributed by atoms with Gasteiger partial charge in [0.05, 0.1) is 5.56 Å². The molecule has 0 unspecified atom stereocenters. The van der Waals surface area contributed by atoms with E-state index in [1.54, 1.807) is 0 Å². The number of halogens is 2. The minimum Gasteiger partial charge on any atom is -0.454 e. The first-order valence-corrected chi connectivity index (χ1v) is 4.91. The zero-order chi connectivity index (χ0) is 11.4. The number of ketones is 1. The molecule has 0 saturated heterocycles. The van der Waals surface area contributed by atoms with Crippen molar-refractivity contribution in [3.05, 3.63) is 34.1 Å². The van der Waals surface area contributed by atoms with E-state index in [0.717, 1.165) is 6.07 Å². The Morgan fingerprint density at radius 3 is 2.73 bits per heavy atom. The van der Waals surface area contributed by atoms with E-state index in [1.807, 2.05) is 0 Å². The van der Waals surface area contributed by atoms with Crippen molar-refractivity contribution >= 4 is 27.7 Å². The molecule has 5 heteroatoms. The summed E-state index contributed by atoms with van der Waals surface area (Å²) in [4.78, 5) is 21.9. The summed E-state index contributed by atoms with van der Waals surface area (Å²) in [7, 11) is 0. The number of rotatable bonds is 3. The summed E-state index contributed by atoms with van der Waals surface area (Å²) >= 11 is 3.09. The molecule has 1 rings (SSSR count). The monoisotopic (exact) mass is 274 g/mol. The van der Waals surface area contributed by atoms with Crippen molar-refractivity contribution in [3.63, 3.8) is 0 Å². The first-order valence-electron chi connectivity index (χ1n) is 4.12. The summed E-state index contributed by atoms with van der Waals surface area (Å²) in [6.45, 7) is 0.996. The third-order valence-corrected chi connectivity index (χ3v) is 2.25.